The number of rotatable bonds is 4. The van der Waals surface area contributed by atoms with Crippen LogP contribution in [0.25, 0.3) is 0 Å². The van der Waals surface area contributed by atoms with Gasteiger partial charge in [-0.2, -0.15) is 0 Å². The molecular weight excluding hydrogens is 222 g/mol. The summed E-state index contributed by atoms with van der Waals surface area (Å²) in [6, 6.07) is 0. The van der Waals surface area contributed by atoms with Crippen molar-refractivity contribution in [3.63, 3.8) is 0 Å². The van der Waals surface area contributed by atoms with Gasteiger partial charge in [-0.05, 0) is 25.3 Å². The second kappa shape index (κ2) is 5.61. The fourth-order valence-electron chi connectivity index (χ4n) is 2.28. The number of ether oxygens (including phenoxy) is 1. The Morgan fingerprint density at radius 1 is 1.69 bits per heavy atom. The Bertz CT molecular complexity index is 327. The van der Waals surface area contributed by atoms with Gasteiger partial charge in [0.15, 0.2) is 5.13 Å². The van der Waals surface area contributed by atoms with Crippen LogP contribution in [-0.2, 0) is 11.3 Å². The van der Waals surface area contributed by atoms with Crippen LogP contribution in [0.4, 0.5) is 5.13 Å². The molecule has 1 saturated heterocycles. The molecule has 0 bridgehead atoms. The average Bonchev–Trinajstić information content (AvgIpc) is 2.65. The monoisotopic (exact) mass is 241 g/mol. The van der Waals surface area contributed by atoms with Crippen LogP contribution >= 0.6 is 11.3 Å². The molecule has 4 nitrogen and oxygen atoms in total. The van der Waals surface area contributed by atoms with Crippen LogP contribution in [0.3, 0.4) is 0 Å². The summed E-state index contributed by atoms with van der Waals surface area (Å²) in [5.74, 6) is 0.684. The third kappa shape index (κ3) is 3.17. The lowest BCUT2D eigenvalue weighted by atomic mass is 9.99. The van der Waals surface area contributed by atoms with Gasteiger partial charge in [-0.1, -0.05) is 0 Å². The molecule has 1 unspecified atom stereocenters. The van der Waals surface area contributed by atoms with Crippen LogP contribution in [-0.4, -0.2) is 36.7 Å². The van der Waals surface area contributed by atoms with E-state index in [0.717, 1.165) is 19.7 Å². The van der Waals surface area contributed by atoms with Crippen molar-refractivity contribution in [2.45, 2.75) is 19.4 Å². The van der Waals surface area contributed by atoms with Crippen LogP contribution in [0.5, 0.6) is 0 Å². The molecule has 16 heavy (non-hydrogen) atoms. The number of hydrogen-bond acceptors (Lipinski definition) is 5. The lowest BCUT2D eigenvalue weighted by Gasteiger charge is -2.31. The van der Waals surface area contributed by atoms with Gasteiger partial charge in [-0.25, -0.2) is 4.98 Å². The van der Waals surface area contributed by atoms with E-state index in [9.17, 15) is 0 Å². The van der Waals surface area contributed by atoms with Crippen molar-refractivity contribution in [2.24, 2.45) is 5.92 Å². The second-order valence-corrected chi connectivity index (χ2v) is 5.51. The molecule has 2 N–H and O–H groups in total. The van der Waals surface area contributed by atoms with E-state index in [0.29, 0.717) is 11.0 Å². The molecule has 0 amide bonds. The molecule has 0 aliphatic carbocycles. The second-order valence-electron chi connectivity index (χ2n) is 4.36. The maximum Gasteiger partial charge on any atom is 0.180 e. The molecule has 1 aromatic rings. The zero-order valence-electron chi connectivity index (χ0n) is 9.69. The summed E-state index contributed by atoms with van der Waals surface area (Å²) >= 11 is 1.59. The number of nitrogens with two attached hydrogens (primary N) is 1. The maximum atomic E-state index is 5.63. The number of nitrogen functional groups attached to an aromatic ring is 1. The molecule has 2 heterocycles. The number of aromatic nitrogens is 1. The summed E-state index contributed by atoms with van der Waals surface area (Å²) < 4.78 is 5.23. The quantitative estimate of drug-likeness (QED) is 0.869. The Hall–Kier alpha value is -0.650. The lowest BCUT2D eigenvalue weighted by molar-refractivity contribution is 0.0878. The molecule has 1 aliphatic rings. The minimum atomic E-state index is 0.667. The van der Waals surface area contributed by atoms with E-state index in [1.54, 1.807) is 18.4 Å². The van der Waals surface area contributed by atoms with Crippen LogP contribution in [0, 0.1) is 5.92 Å². The Morgan fingerprint density at radius 2 is 2.56 bits per heavy atom. The predicted octanol–water partition coefficient (Wildman–Crippen LogP) is 1.58. The minimum Gasteiger partial charge on any atom is -0.384 e. The number of thiazole rings is 1. The van der Waals surface area contributed by atoms with Gasteiger partial charge in [0.1, 0.15) is 0 Å². The van der Waals surface area contributed by atoms with Crippen molar-refractivity contribution in [1.29, 1.82) is 0 Å². The van der Waals surface area contributed by atoms with E-state index in [1.807, 2.05) is 6.20 Å². The minimum absolute atomic E-state index is 0.667. The zero-order chi connectivity index (χ0) is 11.4. The number of hydrogen-bond donors (Lipinski definition) is 1. The van der Waals surface area contributed by atoms with Gasteiger partial charge >= 0.3 is 0 Å². The number of anilines is 1. The first-order valence-corrected chi connectivity index (χ1v) is 6.51. The van der Waals surface area contributed by atoms with E-state index < -0.39 is 0 Å². The molecule has 0 saturated carbocycles. The summed E-state index contributed by atoms with van der Waals surface area (Å²) in [4.78, 5) is 7.81. The Balaban J connectivity index is 1.85. The number of piperidine rings is 1. The first-order chi connectivity index (χ1) is 7.78. The van der Waals surface area contributed by atoms with Gasteiger partial charge in [-0.3, -0.25) is 4.90 Å². The van der Waals surface area contributed by atoms with Crippen LogP contribution < -0.4 is 5.73 Å². The topological polar surface area (TPSA) is 51.4 Å². The highest BCUT2D eigenvalue weighted by atomic mass is 32.1. The first-order valence-electron chi connectivity index (χ1n) is 5.69. The molecule has 5 heteroatoms. The van der Waals surface area contributed by atoms with Crippen molar-refractivity contribution in [3.05, 3.63) is 11.1 Å². The summed E-state index contributed by atoms with van der Waals surface area (Å²) in [6.45, 7) is 4.17. The largest absolute Gasteiger partial charge is 0.384 e. The summed E-state index contributed by atoms with van der Waals surface area (Å²) in [7, 11) is 1.78. The smallest absolute Gasteiger partial charge is 0.180 e. The van der Waals surface area contributed by atoms with Crippen molar-refractivity contribution in [3.8, 4) is 0 Å². The average molecular weight is 241 g/mol. The van der Waals surface area contributed by atoms with Gasteiger partial charge in [0.2, 0.25) is 0 Å². The van der Waals surface area contributed by atoms with Crippen LogP contribution in [0.1, 0.15) is 17.7 Å². The Labute approximate surface area is 100 Å². The van der Waals surface area contributed by atoms with Gasteiger partial charge in [-0.15, -0.1) is 11.3 Å². The van der Waals surface area contributed by atoms with Gasteiger partial charge in [0.25, 0.3) is 0 Å². The third-order valence-electron chi connectivity index (χ3n) is 2.96. The fraction of sp³-hybridized carbons (Fsp3) is 0.727. The highest BCUT2D eigenvalue weighted by molar-refractivity contribution is 7.15. The number of nitrogens with zero attached hydrogens (tertiary/aromatic N) is 2. The van der Waals surface area contributed by atoms with Crippen molar-refractivity contribution < 1.29 is 4.74 Å². The van der Waals surface area contributed by atoms with Crippen molar-refractivity contribution >= 4 is 16.5 Å². The van der Waals surface area contributed by atoms with Crippen molar-refractivity contribution in [2.75, 3.05) is 32.5 Å². The third-order valence-corrected chi connectivity index (χ3v) is 3.77. The van der Waals surface area contributed by atoms with Crippen LogP contribution in [0.15, 0.2) is 6.20 Å². The summed E-state index contributed by atoms with van der Waals surface area (Å²) in [5, 5.41) is 0.667. The lowest BCUT2D eigenvalue weighted by Crippen LogP contribution is -2.36. The molecule has 1 aromatic heterocycles. The van der Waals surface area contributed by atoms with Gasteiger partial charge in [0, 0.05) is 31.3 Å². The fourth-order valence-corrected chi connectivity index (χ4v) is 3.01. The first kappa shape index (κ1) is 11.8. The molecule has 2 rings (SSSR count). The molecular formula is C11H19N3OS. The number of methoxy groups -OCH3 is 1. The summed E-state index contributed by atoms with van der Waals surface area (Å²) in [5.41, 5.74) is 5.63. The van der Waals surface area contributed by atoms with E-state index >= 15 is 0 Å². The summed E-state index contributed by atoms with van der Waals surface area (Å²) in [6.07, 6.45) is 4.44. The standard InChI is InChI=1S/C11H19N3OS/c1-15-8-9-3-2-4-14(6-9)7-10-5-13-11(12)16-10/h5,9H,2-4,6-8H2,1H3,(H2,12,13). The zero-order valence-corrected chi connectivity index (χ0v) is 10.5. The van der Waals surface area contributed by atoms with E-state index in [4.69, 9.17) is 10.5 Å². The molecule has 1 aliphatic heterocycles. The maximum absolute atomic E-state index is 5.63. The van der Waals surface area contributed by atoms with E-state index in [2.05, 4.69) is 9.88 Å². The molecule has 90 valence electrons. The molecule has 0 spiro atoms. The molecule has 1 fully saturated rings. The van der Waals surface area contributed by atoms with Crippen molar-refractivity contribution in [1.82, 2.24) is 9.88 Å². The normalized spacial score (nSPS) is 22.4. The van der Waals surface area contributed by atoms with E-state index in [1.165, 1.54) is 24.3 Å². The molecule has 0 radical (unpaired) electrons. The Morgan fingerprint density at radius 3 is 3.25 bits per heavy atom. The highest BCUT2D eigenvalue weighted by Gasteiger charge is 2.20. The SMILES string of the molecule is COCC1CCCN(Cc2cnc(N)s2)C1. The molecule has 1 atom stereocenters. The molecule has 0 aromatic carbocycles. The van der Waals surface area contributed by atoms with E-state index in [-0.39, 0.29) is 0 Å². The number of likely N-dealkylation sites (tertiary alicyclic amines) is 1. The Kier molecular flexibility index (Phi) is 4.15. The van der Waals surface area contributed by atoms with Gasteiger partial charge in [0.05, 0.1) is 6.61 Å². The highest BCUT2D eigenvalue weighted by Crippen LogP contribution is 2.21. The van der Waals surface area contributed by atoms with Crippen LogP contribution in [0.2, 0.25) is 0 Å². The van der Waals surface area contributed by atoms with Gasteiger partial charge < -0.3 is 10.5 Å². The predicted molar refractivity (Wildman–Crippen MR) is 66.4 cm³/mol.